The van der Waals surface area contributed by atoms with Crippen molar-refractivity contribution in [3.05, 3.63) is 77.9 Å². The predicted octanol–water partition coefficient (Wildman–Crippen LogP) is 6.25. The number of benzene rings is 3. The number of carbonyl (C=O) groups is 1. The van der Waals surface area contributed by atoms with Gasteiger partial charge in [-0.15, -0.1) is 0 Å². The van der Waals surface area contributed by atoms with Crippen LogP contribution < -0.4 is 14.8 Å². The Morgan fingerprint density at radius 3 is 2.20 bits per heavy atom. The molecule has 2 N–H and O–H groups in total. The zero-order valence-electron chi connectivity index (χ0n) is 24.1. The van der Waals surface area contributed by atoms with E-state index < -0.39 is 10.0 Å². The molecule has 0 aliphatic carbocycles. The SMILES string of the molecule is CCCC(CC)Cc1ccc(OC)cc1Nc1nc2ccccc2nc1NS(=O)(=O)c1ccc(C(=O)N(C)C)cc1. The summed E-state index contributed by atoms with van der Waals surface area (Å²) in [7, 11) is 0.834. The van der Waals surface area contributed by atoms with E-state index in [1.54, 1.807) is 27.3 Å². The van der Waals surface area contributed by atoms with E-state index in [2.05, 4.69) is 28.9 Å². The molecule has 0 spiro atoms. The molecule has 9 nitrogen and oxygen atoms in total. The van der Waals surface area contributed by atoms with Gasteiger partial charge in [0.05, 0.1) is 23.0 Å². The quantitative estimate of drug-likeness (QED) is 0.205. The summed E-state index contributed by atoms with van der Waals surface area (Å²) in [5, 5.41) is 3.36. The van der Waals surface area contributed by atoms with Crippen LogP contribution in [0, 0.1) is 5.92 Å². The number of amides is 1. The first-order chi connectivity index (χ1) is 19.6. The summed E-state index contributed by atoms with van der Waals surface area (Å²) in [5.74, 6) is 1.29. The second kappa shape index (κ2) is 13.0. The number of methoxy groups -OCH3 is 1. The molecule has 0 radical (unpaired) electrons. The lowest BCUT2D eigenvalue weighted by molar-refractivity contribution is 0.0827. The molecule has 0 aliphatic heterocycles. The van der Waals surface area contributed by atoms with Crippen molar-refractivity contribution in [1.82, 2.24) is 14.9 Å². The minimum absolute atomic E-state index is 0.00105. The van der Waals surface area contributed by atoms with Crippen LogP contribution in [0.3, 0.4) is 0 Å². The summed E-state index contributed by atoms with van der Waals surface area (Å²) in [6, 6.07) is 18.9. The fourth-order valence-corrected chi connectivity index (χ4v) is 5.66. The molecule has 3 aromatic carbocycles. The largest absolute Gasteiger partial charge is 0.497 e. The van der Waals surface area contributed by atoms with Crippen molar-refractivity contribution in [1.29, 1.82) is 0 Å². The zero-order valence-corrected chi connectivity index (χ0v) is 25.0. The van der Waals surface area contributed by atoms with Gasteiger partial charge in [0.25, 0.3) is 15.9 Å². The average Bonchev–Trinajstić information content (AvgIpc) is 2.97. The monoisotopic (exact) mass is 575 g/mol. The lowest BCUT2D eigenvalue weighted by atomic mass is 9.92. The first-order valence-corrected chi connectivity index (χ1v) is 15.2. The fourth-order valence-electron chi connectivity index (χ4n) is 4.65. The Kier molecular flexibility index (Phi) is 9.44. The minimum atomic E-state index is -4.05. The fraction of sp³-hybridized carbons (Fsp3) is 0.323. The molecule has 216 valence electrons. The summed E-state index contributed by atoms with van der Waals surface area (Å²) in [5.41, 5.74) is 3.40. The summed E-state index contributed by atoms with van der Waals surface area (Å²) in [4.78, 5) is 23.1. The number of carbonyl (C=O) groups excluding carboxylic acids is 1. The van der Waals surface area contributed by atoms with E-state index >= 15 is 0 Å². The lowest BCUT2D eigenvalue weighted by Crippen LogP contribution is -2.22. The summed E-state index contributed by atoms with van der Waals surface area (Å²) >= 11 is 0. The summed E-state index contributed by atoms with van der Waals surface area (Å²) in [6.45, 7) is 4.38. The molecule has 10 heteroatoms. The van der Waals surface area contributed by atoms with Gasteiger partial charge in [-0.2, -0.15) is 0 Å². The minimum Gasteiger partial charge on any atom is -0.497 e. The number of aromatic nitrogens is 2. The van der Waals surface area contributed by atoms with Gasteiger partial charge in [0.1, 0.15) is 5.75 Å². The van der Waals surface area contributed by atoms with E-state index in [1.165, 1.54) is 29.2 Å². The van der Waals surface area contributed by atoms with Gasteiger partial charge < -0.3 is 15.0 Å². The maximum Gasteiger partial charge on any atom is 0.263 e. The number of hydrogen-bond acceptors (Lipinski definition) is 7. The van der Waals surface area contributed by atoms with E-state index in [-0.39, 0.29) is 22.4 Å². The van der Waals surface area contributed by atoms with Crippen LogP contribution in [0.15, 0.2) is 71.6 Å². The molecule has 0 fully saturated rings. The van der Waals surface area contributed by atoms with Crippen LogP contribution in [-0.2, 0) is 16.4 Å². The molecule has 1 heterocycles. The molecule has 41 heavy (non-hydrogen) atoms. The van der Waals surface area contributed by atoms with Gasteiger partial charge in [0.2, 0.25) is 0 Å². The first kappa shape index (κ1) is 29.8. The summed E-state index contributed by atoms with van der Waals surface area (Å²) < 4.78 is 35.0. The molecule has 1 amide bonds. The van der Waals surface area contributed by atoms with Gasteiger partial charge in [0, 0.05) is 31.4 Å². The summed E-state index contributed by atoms with van der Waals surface area (Å²) in [6.07, 6.45) is 4.13. The molecular weight excluding hydrogens is 538 g/mol. The second-order valence-electron chi connectivity index (χ2n) is 10.2. The number of rotatable bonds is 12. The highest BCUT2D eigenvalue weighted by Crippen LogP contribution is 2.32. The molecule has 4 rings (SSSR count). The topological polar surface area (TPSA) is 114 Å². The van der Waals surface area contributed by atoms with Crippen molar-refractivity contribution >= 4 is 44.3 Å². The van der Waals surface area contributed by atoms with Crippen LogP contribution in [0.5, 0.6) is 5.75 Å². The Bertz CT molecular complexity index is 1620. The van der Waals surface area contributed by atoms with Crippen molar-refractivity contribution in [3.8, 4) is 5.75 Å². The predicted molar refractivity (Wildman–Crippen MR) is 163 cm³/mol. The number of anilines is 3. The van der Waals surface area contributed by atoms with Crippen LogP contribution in [-0.4, -0.2) is 50.4 Å². The van der Waals surface area contributed by atoms with Crippen molar-refractivity contribution < 1.29 is 17.9 Å². The molecule has 4 aromatic rings. The van der Waals surface area contributed by atoms with Gasteiger partial charge in [0.15, 0.2) is 11.6 Å². The molecule has 1 unspecified atom stereocenters. The number of fused-ring (bicyclic) bond motifs is 1. The van der Waals surface area contributed by atoms with Gasteiger partial charge in [-0.3, -0.25) is 9.52 Å². The molecule has 1 aromatic heterocycles. The number of nitrogens with zero attached hydrogens (tertiary/aromatic N) is 3. The van der Waals surface area contributed by atoms with Crippen LogP contribution in [0.4, 0.5) is 17.3 Å². The molecule has 0 bridgehead atoms. The second-order valence-corrected chi connectivity index (χ2v) is 11.8. The molecule has 0 aliphatic rings. The third-order valence-corrected chi connectivity index (χ3v) is 8.33. The zero-order chi connectivity index (χ0) is 29.6. The Balaban J connectivity index is 1.74. The maximum atomic E-state index is 13.5. The lowest BCUT2D eigenvalue weighted by Gasteiger charge is -2.19. The van der Waals surface area contributed by atoms with E-state index in [0.717, 1.165) is 36.9 Å². The van der Waals surface area contributed by atoms with E-state index in [9.17, 15) is 13.2 Å². The molecular formula is C31H37N5O4S. The van der Waals surface area contributed by atoms with E-state index in [0.29, 0.717) is 28.3 Å². The van der Waals surface area contributed by atoms with E-state index in [1.807, 2.05) is 36.4 Å². The molecule has 0 saturated heterocycles. The van der Waals surface area contributed by atoms with Crippen LogP contribution >= 0.6 is 0 Å². The standard InChI is InChI=1S/C31H37N5O4S/c1-6-10-21(7-2)19-23-13-16-24(40-5)20-28(23)34-29-30(33-27-12-9-8-11-26(27)32-29)35-41(38,39)25-17-14-22(15-18-25)31(37)36(3)4/h8-9,11-18,20-21H,6-7,10,19H2,1-5H3,(H,32,34)(H,33,35). The number of sulfonamides is 1. The Labute approximate surface area is 242 Å². The van der Waals surface area contributed by atoms with Gasteiger partial charge in [-0.1, -0.05) is 51.3 Å². The maximum absolute atomic E-state index is 13.5. The van der Waals surface area contributed by atoms with Gasteiger partial charge >= 0.3 is 0 Å². The highest BCUT2D eigenvalue weighted by molar-refractivity contribution is 7.92. The van der Waals surface area contributed by atoms with Crippen molar-refractivity contribution in [2.24, 2.45) is 5.92 Å². The third-order valence-electron chi connectivity index (χ3n) is 6.97. The highest BCUT2D eigenvalue weighted by atomic mass is 32.2. The molecule has 0 saturated carbocycles. The first-order valence-electron chi connectivity index (χ1n) is 13.7. The van der Waals surface area contributed by atoms with Crippen LogP contribution in [0.25, 0.3) is 11.0 Å². The van der Waals surface area contributed by atoms with Crippen LogP contribution in [0.2, 0.25) is 0 Å². The third kappa shape index (κ3) is 7.13. The van der Waals surface area contributed by atoms with Crippen LogP contribution in [0.1, 0.15) is 49.0 Å². The van der Waals surface area contributed by atoms with Crippen molar-refractivity contribution in [3.63, 3.8) is 0 Å². The van der Waals surface area contributed by atoms with E-state index in [4.69, 9.17) is 9.72 Å². The number of nitrogens with one attached hydrogen (secondary N) is 2. The molecule has 1 atom stereocenters. The Morgan fingerprint density at radius 1 is 0.951 bits per heavy atom. The smallest absolute Gasteiger partial charge is 0.263 e. The average molecular weight is 576 g/mol. The Hall–Kier alpha value is -4.18. The Morgan fingerprint density at radius 2 is 1.61 bits per heavy atom. The highest BCUT2D eigenvalue weighted by Gasteiger charge is 2.21. The van der Waals surface area contributed by atoms with Crippen molar-refractivity contribution in [2.75, 3.05) is 31.2 Å². The number of hydrogen-bond donors (Lipinski definition) is 2. The van der Waals surface area contributed by atoms with Crippen molar-refractivity contribution in [2.45, 2.75) is 44.4 Å². The normalized spacial score (nSPS) is 12.1. The number of ether oxygens (including phenoxy) is 1. The van der Waals surface area contributed by atoms with Gasteiger partial charge in [-0.25, -0.2) is 18.4 Å². The van der Waals surface area contributed by atoms with Gasteiger partial charge in [-0.05, 0) is 60.4 Å². The number of para-hydroxylation sites is 2.